The van der Waals surface area contributed by atoms with Gasteiger partial charge in [0.25, 0.3) is 0 Å². The molecule has 1 unspecified atom stereocenters. The number of nitrogens with zero attached hydrogens (tertiary/aromatic N) is 1. The van der Waals surface area contributed by atoms with Crippen molar-refractivity contribution in [3.63, 3.8) is 0 Å². The average molecular weight is 233 g/mol. The monoisotopic (exact) mass is 233 g/mol. The summed E-state index contributed by atoms with van der Waals surface area (Å²) in [7, 11) is 3.56. The van der Waals surface area contributed by atoms with E-state index < -0.39 is 6.10 Å². The van der Waals surface area contributed by atoms with Gasteiger partial charge in [-0.25, -0.2) is 0 Å². The zero-order valence-electron chi connectivity index (χ0n) is 10.2. The molecule has 0 saturated carbocycles. The molecule has 1 aliphatic rings. The van der Waals surface area contributed by atoms with Gasteiger partial charge in [-0.3, -0.25) is 0 Å². The molecule has 0 aromatic heterocycles. The molecule has 0 spiro atoms. The van der Waals surface area contributed by atoms with Crippen molar-refractivity contribution in [3.05, 3.63) is 0 Å². The first kappa shape index (κ1) is 13.9. The molecule has 1 atom stereocenters. The summed E-state index contributed by atoms with van der Waals surface area (Å²) in [6.45, 7) is 3.42. The van der Waals surface area contributed by atoms with Crippen LogP contribution in [0.1, 0.15) is 12.8 Å². The van der Waals surface area contributed by atoms with E-state index >= 15 is 0 Å². The van der Waals surface area contributed by atoms with E-state index in [1.54, 1.807) is 7.11 Å². The van der Waals surface area contributed by atoms with Crippen LogP contribution in [0.25, 0.3) is 0 Å². The third-order valence-corrected chi connectivity index (χ3v) is 2.52. The van der Waals surface area contributed by atoms with E-state index in [0.29, 0.717) is 13.2 Å². The van der Waals surface area contributed by atoms with Crippen molar-refractivity contribution in [2.75, 3.05) is 47.1 Å². The van der Waals surface area contributed by atoms with Crippen molar-refractivity contribution in [1.29, 1.82) is 0 Å². The third-order valence-electron chi connectivity index (χ3n) is 2.52. The summed E-state index contributed by atoms with van der Waals surface area (Å²) in [5, 5.41) is 9.53. The van der Waals surface area contributed by atoms with Gasteiger partial charge in [-0.1, -0.05) is 0 Å². The quantitative estimate of drug-likeness (QED) is 0.675. The van der Waals surface area contributed by atoms with Crippen molar-refractivity contribution in [3.8, 4) is 0 Å². The number of aliphatic hydroxyl groups excluding tert-OH is 1. The molecule has 1 heterocycles. The summed E-state index contributed by atoms with van der Waals surface area (Å²) in [4.78, 5) is 2.06. The Hall–Kier alpha value is -0.200. The smallest absolute Gasteiger partial charge is 0.158 e. The molecule has 16 heavy (non-hydrogen) atoms. The number of likely N-dealkylation sites (N-methyl/N-ethyl adjacent to an activating group) is 1. The van der Waals surface area contributed by atoms with Gasteiger partial charge in [-0.15, -0.1) is 0 Å². The Labute approximate surface area is 97.3 Å². The number of hydrogen-bond donors (Lipinski definition) is 1. The lowest BCUT2D eigenvalue weighted by Gasteiger charge is -2.26. The second kappa shape index (κ2) is 7.97. The summed E-state index contributed by atoms with van der Waals surface area (Å²) >= 11 is 0. The lowest BCUT2D eigenvalue weighted by atomic mass is 10.3. The van der Waals surface area contributed by atoms with Crippen LogP contribution < -0.4 is 0 Å². The molecule has 96 valence electrons. The first-order valence-corrected chi connectivity index (χ1v) is 5.81. The van der Waals surface area contributed by atoms with Gasteiger partial charge in [-0.05, 0) is 13.5 Å². The van der Waals surface area contributed by atoms with Crippen LogP contribution in [0.4, 0.5) is 0 Å². The maximum Gasteiger partial charge on any atom is 0.158 e. The second-order valence-corrected chi connectivity index (χ2v) is 4.18. The van der Waals surface area contributed by atoms with Gasteiger partial charge < -0.3 is 24.2 Å². The van der Waals surface area contributed by atoms with Gasteiger partial charge in [0.2, 0.25) is 0 Å². The minimum absolute atomic E-state index is 0.0734. The van der Waals surface area contributed by atoms with Gasteiger partial charge in [-0.2, -0.15) is 0 Å². The molecule has 0 aliphatic carbocycles. The normalized spacial score (nSPS) is 20.2. The molecule has 0 radical (unpaired) electrons. The van der Waals surface area contributed by atoms with E-state index in [4.69, 9.17) is 14.2 Å². The fourth-order valence-corrected chi connectivity index (χ4v) is 1.73. The minimum Gasteiger partial charge on any atom is -0.389 e. The summed E-state index contributed by atoms with van der Waals surface area (Å²) in [5.74, 6) is 0. The second-order valence-electron chi connectivity index (χ2n) is 4.18. The van der Waals surface area contributed by atoms with Crippen LogP contribution in [0.15, 0.2) is 0 Å². The SMILES string of the molecule is COCC(O)CN(C)CCC1OCCCO1. The number of methoxy groups -OCH3 is 1. The van der Waals surface area contributed by atoms with Crippen molar-refractivity contribution >= 4 is 0 Å². The Morgan fingerprint density at radius 3 is 2.75 bits per heavy atom. The van der Waals surface area contributed by atoms with E-state index in [1.165, 1.54) is 0 Å². The fourth-order valence-electron chi connectivity index (χ4n) is 1.73. The molecule has 1 saturated heterocycles. The lowest BCUT2D eigenvalue weighted by Crippen LogP contribution is -2.35. The Morgan fingerprint density at radius 2 is 2.12 bits per heavy atom. The van der Waals surface area contributed by atoms with Crippen LogP contribution >= 0.6 is 0 Å². The van der Waals surface area contributed by atoms with E-state index in [1.807, 2.05) is 7.05 Å². The molecule has 1 fully saturated rings. The van der Waals surface area contributed by atoms with Crippen molar-refractivity contribution in [2.45, 2.75) is 25.2 Å². The van der Waals surface area contributed by atoms with Crippen LogP contribution in [0.3, 0.4) is 0 Å². The average Bonchev–Trinajstić information content (AvgIpc) is 2.28. The zero-order valence-corrected chi connectivity index (χ0v) is 10.2. The first-order chi connectivity index (χ1) is 7.72. The molecule has 1 N–H and O–H groups in total. The molecule has 5 nitrogen and oxygen atoms in total. The van der Waals surface area contributed by atoms with Gasteiger partial charge in [0.05, 0.1) is 25.9 Å². The molecule has 0 aromatic rings. The maximum atomic E-state index is 9.53. The Kier molecular flexibility index (Phi) is 6.91. The molecule has 1 rings (SSSR count). The lowest BCUT2D eigenvalue weighted by molar-refractivity contribution is -0.182. The highest BCUT2D eigenvalue weighted by Gasteiger charge is 2.15. The largest absolute Gasteiger partial charge is 0.389 e. The fraction of sp³-hybridized carbons (Fsp3) is 1.00. The zero-order chi connectivity index (χ0) is 11.8. The molecule has 0 amide bonds. The maximum absolute atomic E-state index is 9.53. The predicted octanol–water partition coefficient (Wildman–Crippen LogP) is 0.0786. The van der Waals surface area contributed by atoms with Gasteiger partial charge in [0.1, 0.15) is 0 Å². The summed E-state index contributed by atoms with van der Waals surface area (Å²) < 4.78 is 15.8. The van der Waals surface area contributed by atoms with Crippen molar-refractivity contribution in [1.82, 2.24) is 4.90 Å². The van der Waals surface area contributed by atoms with E-state index in [2.05, 4.69) is 4.90 Å². The molecular formula is C11H23NO4. The number of hydrogen-bond acceptors (Lipinski definition) is 5. The molecular weight excluding hydrogens is 210 g/mol. The highest BCUT2D eigenvalue weighted by molar-refractivity contribution is 4.62. The molecule has 0 bridgehead atoms. The van der Waals surface area contributed by atoms with E-state index in [-0.39, 0.29) is 6.29 Å². The van der Waals surface area contributed by atoms with Crippen molar-refractivity contribution in [2.24, 2.45) is 0 Å². The summed E-state index contributed by atoms with van der Waals surface area (Å²) in [5.41, 5.74) is 0. The number of aliphatic hydroxyl groups is 1. The standard InChI is InChI=1S/C11H23NO4/c1-12(8-10(13)9-14-2)5-4-11-15-6-3-7-16-11/h10-11,13H,3-9H2,1-2H3. The highest BCUT2D eigenvalue weighted by atomic mass is 16.7. The van der Waals surface area contributed by atoms with E-state index in [9.17, 15) is 5.11 Å². The molecule has 5 heteroatoms. The summed E-state index contributed by atoms with van der Waals surface area (Å²) in [6, 6.07) is 0. The van der Waals surface area contributed by atoms with Gasteiger partial charge >= 0.3 is 0 Å². The van der Waals surface area contributed by atoms with Crippen LogP contribution in [-0.2, 0) is 14.2 Å². The third kappa shape index (κ3) is 5.77. The number of ether oxygens (including phenoxy) is 3. The van der Waals surface area contributed by atoms with Crippen LogP contribution in [0.2, 0.25) is 0 Å². The highest BCUT2D eigenvalue weighted by Crippen LogP contribution is 2.08. The van der Waals surface area contributed by atoms with Crippen LogP contribution in [0, 0.1) is 0 Å². The number of rotatable bonds is 7. The topological polar surface area (TPSA) is 51.2 Å². The Morgan fingerprint density at radius 1 is 1.44 bits per heavy atom. The summed E-state index contributed by atoms with van der Waals surface area (Å²) in [6.07, 6.45) is 1.33. The minimum atomic E-state index is -0.428. The first-order valence-electron chi connectivity index (χ1n) is 5.81. The van der Waals surface area contributed by atoms with Gasteiger partial charge in [0, 0.05) is 26.6 Å². The predicted molar refractivity (Wildman–Crippen MR) is 60.3 cm³/mol. The Bertz CT molecular complexity index is 173. The van der Waals surface area contributed by atoms with Crippen LogP contribution in [-0.4, -0.2) is 69.5 Å². The van der Waals surface area contributed by atoms with Gasteiger partial charge in [0.15, 0.2) is 6.29 Å². The molecule has 0 aromatic carbocycles. The van der Waals surface area contributed by atoms with Crippen LogP contribution in [0.5, 0.6) is 0 Å². The van der Waals surface area contributed by atoms with E-state index in [0.717, 1.165) is 32.6 Å². The Balaban J connectivity index is 2.06. The van der Waals surface area contributed by atoms with Crippen molar-refractivity contribution < 1.29 is 19.3 Å². The molecule has 1 aliphatic heterocycles.